The van der Waals surface area contributed by atoms with Gasteiger partial charge in [-0.3, -0.25) is 4.79 Å². The normalized spacial score (nSPS) is 20.1. The van der Waals surface area contributed by atoms with Gasteiger partial charge in [0.1, 0.15) is 5.82 Å². The van der Waals surface area contributed by atoms with Crippen molar-refractivity contribution in [1.29, 1.82) is 0 Å². The van der Waals surface area contributed by atoms with Crippen LogP contribution in [-0.4, -0.2) is 12.5 Å². The Hall–Kier alpha value is -1.42. The highest BCUT2D eigenvalue weighted by molar-refractivity contribution is 5.97. The molecule has 1 heterocycles. The number of carbonyl (C=O) groups excluding carboxylic acids is 1. The van der Waals surface area contributed by atoms with E-state index in [1.807, 2.05) is 13.0 Å². The summed E-state index contributed by atoms with van der Waals surface area (Å²) in [5, 5.41) is 5.94. The third-order valence-corrected chi connectivity index (χ3v) is 4.00. The minimum Gasteiger partial charge on any atom is -0.323 e. The summed E-state index contributed by atoms with van der Waals surface area (Å²) in [6.07, 6.45) is 2.48. The van der Waals surface area contributed by atoms with E-state index in [0.717, 1.165) is 30.5 Å². The van der Waals surface area contributed by atoms with Crippen molar-refractivity contribution in [2.75, 3.05) is 11.9 Å². The Morgan fingerprint density at radius 1 is 1.44 bits per heavy atom. The highest BCUT2D eigenvalue weighted by Crippen LogP contribution is 2.45. The molecular formula is C14H17FN2O. The molecule has 1 aliphatic heterocycles. The minimum absolute atomic E-state index is 0.0599. The third kappa shape index (κ3) is 1.90. The average molecular weight is 248 g/mol. The molecule has 18 heavy (non-hydrogen) atoms. The number of fused-ring (bicyclic) bond motifs is 1. The molecule has 0 saturated heterocycles. The molecular weight excluding hydrogens is 231 g/mol. The number of nitrogens with one attached hydrogen (secondary N) is 2. The third-order valence-electron chi connectivity index (χ3n) is 4.00. The number of hydrogen-bond donors (Lipinski definition) is 2. The summed E-state index contributed by atoms with van der Waals surface area (Å²) in [5.74, 6) is -0.318. The molecule has 1 amide bonds. The van der Waals surface area contributed by atoms with E-state index in [4.69, 9.17) is 0 Å². The van der Waals surface area contributed by atoms with Gasteiger partial charge >= 0.3 is 0 Å². The molecule has 1 aromatic carbocycles. The number of amides is 1. The summed E-state index contributed by atoms with van der Waals surface area (Å²) >= 11 is 0. The van der Waals surface area contributed by atoms with Crippen LogP contribution in [0.15, 0.2) is 12.1 Å². The van der Waals surface area contributed by atoms with Gasteiger partial charge in [-0.1, -0.05) is 13.0 Å². The number of carbonyl (C=O) groups is 1. The molecule has 1 saturated carbocycles. The van der Waals surface area contributed by atoms with Gasteiger partial charge in [-0.15, -0.1) is 0 Å². The fourth-order valence-electron chi connectivity index (χ4n) is 2.32. The Morgan fingerprint density at radius 2 is 2.22 bits per heavy atom. The number of hydrogen-bond acceptors (Lipinski definition) is 2. The Labute approximate surface area is 106 Å². The van der Waals surface area contributed by atoms with E-state index >= 15 is 0 Å². The maximum absolute atomic E-state index is 14.3. The first-order chi connectivity index (χ1) is 8.60. The van der Waals surface area contributed by atoms with Gasteiger partial charge in [0.25, 0.3) is 0 Å². The van der Waals surface area contributed by atoms with Gasteiger partial charge in [0.05, 0.1) is 5.69 Å². The van der Waals surface area contributed by atoms with Gasteiger partial charge in [0.15, 0.2) is 0 Å². The number of halogens is 1. The maximum atomic E-state index is 14.3. The standard InChI is InChI=1S/C14H17FN2O/c1-14(5-6-14)13(18)17-11-3-2-9-8-16-7-4-10(9)12(11)15/h2-3,16H,4-8H2,1H3,(H,17,18). The first-order valence-corrected chi connectivity index (χ1v) is 6.43. The molecule has 0 spiro atoms. The smallest absolute Gasteiger partial charge is 0.230 e. The van der Waals surface area contributed by atoms with E-state index < -0.39 is 0 Å². The first kappa shape index (κ1) is 11.7. The van der Waals surface area contributed by atoms with Crippen LogP contribution in [0.1, 0.15) is 30.9 Å². The van der Waals surface area contributed by atoms with Crippen LogP contribution in [0.25, 0.3) is 0 Å². The summed E-state index contributed by atoms with van der Waals surface area (Å²) in [6.45, 7) is 3.42. The topological polar surface area (TPSA) is 41.1 Å². The zero-order chi connectivity index (χ0) is 12.8. The van der Waals surface area contributed by atoms with Gasteiger partial charge in [-0.25, -0.2) is 4.39 Å². The Kier molecular flexibility index (Phi) is 2.63. The number of anilines is 1. The van der Waals surface area contributed by atoms with E-state index in [-0.39, 0.29) is 17.1 Å². The molecule has 4 heteroatoms. The van der Waals surface area contributed by atoms with Crippen LogP contribution in [0.5, 0.6) is 0 Å². The molecule has 0 unspecified atom stereocenters. The van der Waals surface area contributed by atoms with Crippen LogP contribution < -0.4 is 10.6 Å². The zero-order valence-electron chi connectivity index (χ0n) is 10.5. The van der Waals surface area contributed by atoms with Crippen molar-refractivity contribution < 1.29 is 9.18 Å². The summed E-state index contributed by atoms with van der Waals surface area (Å²) < 4.78 is 14.3. The lowest BCUT2D eigenvalue weighted by molar-refractivity contribution is -0.120. The van der Waals surface area contributed by atoms with Crippen molar-refractivity contribution >= 4 is 11.6 Å². The molecule has 2 N–H and O–H groups in total. The molecule has 3 rings (SSSR count). The van der Waals surface area contributed by atoms with Gasteiger partial charge in [0.2, 0.25) is 5.91 Å². The lowest BCUT2D eigenvalue weighted by atomic mass is 9.99. The van der Waals surface area contributed by atoms with Crippen molar-refractivity contribution in [2.24, 2.45) is 5.41 Å². The van der Waals surface area contributed by atoms with Gasteiger partial charge in [-0.05, 0) is 43.0 Å². The SMILES string of the molecule is CC1(C(=O)Nc2ccc3c(c2F)CCNC3)CC1. The van der Waals surface area contributed by atoms with Crippen molar-refractivity contribution in [1.82, 2.24) is 5.32 Å². The van der Waals surface area contributed by atoms with Crippen molar-refractivity contribution in [2.45, 2.75) is 32.7 Å². The van der Waals surface area contributed by atoms with Crippen LogP contribution in [0.4, 0.5) is 10.1 Å². The highest BCUT2D eigenvalue weighted by Gasteiger charge is 2.45. The lowest BCUT2D eigenvalue weighted by Gasteiger charge is -2.20. The number of rotatable bonds is 2. The fourth-order valence-corrected chi connectivity index (χ4v) is 2.32. The predicted molar refractivity (Wildman–Crippen MR) is 67.8 cm³/mol. The molecule has 0 atom stereocenters. The van der Waals surface area contributed by atoms with E-state index in [1.165, 1.54) is 0 Å². The summed E-state index contributed by atoms with van der Waals surface area (Å²) in [6, 6.07) is 3.57. The fraction of sp³-hybridized carbons (Fsp3) is 0.500. The molecule has 96 valence electrons. The second kappa shape index (κ2) is 4.05. The molecule has 1 fully saturated rings. The minimum atomic E-state index is -0.274. The summed E-state index contributed by atoms with van der Waals surface area (Å²) in [7, 11) is 0. The molecule has 1 aromatic rings. The van der Waals surface area contributed by atoms with Crippen LogP contribution in [0.3, 0.4) is 0 Å². The lowest BCUT2D eigenvalue weighted by Crippen LogP contribution is -2.26. The Balaban J connectivity index is 1.86. The molecule has 0 radical (unpaired) electrons. The number of benzene rings is 1. The second-order valence-electron chi connectivity index (χ2n) is 5.51. The quantitative estimate of drug-likeness (QED) is 0.842. The Bertz CT molecular complexity index is 509. The van der Waals surface area contributed by atoms with E-state index in [2.05, 4.69) is 10.6 Å². The van der Waals surface area contributed by atoms with Crippen molar-refractivity contribution in [3.63, 3.8) is 0 Å². The van der Waals surface area contributed by atoms with E-state index in [9.17, 15) is 9.18 Å². The predicted octanol–water partition coefficient (Wildman–Crippen LogP) is 2.21. The van der Waals surface area contributed by atoms with Crippen molar-refractivity contribution in [3.8, 4) is 0 Å². The van der Waals surface area contributed by atoms with Crippen LogP contribution >= 0.6 is 0 Å². The molecule has 3 nitrogen and oxygen atoms in total. The molecule has 2 aliphatic rings. The summed E-state index contributed by atoms with van der Waals surface area (Å²) in [5.41, 5.74) is 1.79. The molecule has 0 bridgehead atoms. The van der Waals surface area contributed by atoms with Crippen LogP contribution in [0, 0.1) is 11.2 Å². The van der Waals surface area contributed by atoms with Gasteiger partial charge in [0, 0.05) is 12.0 Å². The summed E-state index contributed by atoms with van der Waals surface area (Å²) in [4.78, 5) is 11.9. The highest BCUT2D eigenvalue weighted by atomic mass is 19.1. The van der Waals surface area contributed by atoms with Crippen molar-refractivity contribution in [3.05, 3.63) is 29.1 Å². The van der Waals surface area contributed by atoms with E-state index in [1.54, 1.807) is 6.07 Å². The van der Waals surface area contributed by atoms with E-state index in [0.29, 0.717) is 18.7 Å². The largest absolute Gasteiger partial charge is 0.323 e. The van der Waals surface area contributed by atoms with Crippen LogP contribution in [0.2, 0.25) is 0 Å². The second-order valence-corrected chi connectivity index (χ2v) is 5.51. The molecule has 0 aromatic heterocycles. The first-order valence-electron chi connectivity index (χ1n) is 6.43. The van der Waals surface area contributed by atoms with Crippen LogP contribution in [-0.2, 0) is 17.8 Å². The van der Waals surface area contributed by atoms with Gasteiger partial charge in [-0.2, -0.15) is 0 Å². The monoisotopic (exact) mass is 248 g/mol. The molecule has 1 aliphatic carbocycles. The maximum Gasteiger partial charge on any atom is 0.230 e. The average Bonchev–Trinajstić information content (AvgIpc) is 3.12. The Morgan fingerprint density at radius 3 is 2.94 bits per heavy atom. The van der Waals surface area contributed by atoms with Gasteiger partial charge < -0.3 is 10.6 Å². The zero-order valence-corrected chi connectivity index (χ0v) is 10.5.